The molecule has 212 valence electrons. The second-order valence-corrected chi connectivity index (χ2v) is 12.4. The van der Waals surface area contributed by atoms with Crippen LogP contribution in [0.25, 0.3) is 22.3 Å². The summed E-state index contributed by atoms with van der Waals surface area (Å²) in [7, 11) is -3.43. The SMILES string of the molecule is CCOc1cc2cc(-c3c(C)nc(NCC4CC4)nc3NC3C[C@H](CNS(C)(=O)=O)[C@@H](O)[C@H]3O)oc2c(C)n1. The quantitative estimate of drug-likeness (QED) is 0.233. The second kappa shape index (κ2) is 10.9. The highest BCUT2D eigenvalue weighted by molar-refractivity contribution is 7.88. The van der Waals surface area contributed by atoms with Crippen molar-refractivity contribution in [3.63, 3.8) is 0 Å². The molecule has 3 aromatic rings. The maximum atomic E-state index is 11.6. The van der Waals surface area contributed by atoms with Crippen LogP contribution < -0.4 is 20.1 Å². The van der Waals surface area contributed by atoms with Crippen molar-refractivity contribution in [1.82, 2.24) is 19.7 Å². The maximum Gasteiger partial charge on any atom is 0.224 e. The van der Waals surface area contributed by atoms with E-state index < -0.39 is 34.2 Å². The Morgan fingerprint density at radius 1 is 1.08 bits per heavy atom. The van der Waals surface area contributed by atoms with Crippen molar-refractivity contribution in [1.29, 1.82) is 0 Å². The van der Waals surface area contributed by atoms with E-state index in [1.807, 2.05) is 32.9 Å². The van der Waals surface area contributed by atoms with E-state index in [1.54, 1.807) is 0 Å². The molecule has 13 heteroatoms. The van der Waals surface area contributed by atoms with E-state index in [0.717, 1.165) is 18.2 Å². The lowest BCUT2D eigenvalue weighted by atomic mass is 10.1. The van der Waals surface area contributed by atoms with Crippen molar-refractivity contribution in [3.05, 3.63) is 23.5 Å². The van der Waals surface area contributed by atoms with E-state index in [0.29, 0.717) is 64.9 Å². The summed E-state index contributed by atoms with van der Waals surface area (Å²) >= 11 is 0. The van der Waals surface area contributed by atoms with Gasteiger partial charge in [-0.1, -0.05) is 0 Å². The highest BCUT2D eigenvalue weighted by Crippen LogP contribution is 2.38. The average Bonchev–Trinajstić information content (AvgIpc) is 3.54. The van der Waals surface area contributed by atoms with Gasteiger partial charge in [0.25, 0.3) is 0 Å². The predicted octanol–water partition coefficient (Wildman–Crippen LogP) is 2.19. The molecule has 2 aliphatic rings. The number of ether oxygens (including phenoxy) is 1. The topological polar surface area (TPSA) is 172 Å². The Hall–Kier alpha value is -3.00. The monoisotopic (exact) mass is 560 g/mol. The Balaban J connectivity index is 1.49. The Bertz CT molecular complexity index is 1460. The Labute approximate surface area is 227 Å². The van der Waals surface area contributed by atoms with Crippen molar-refractivity contribution in [2.24, 2.45) is 11.8 Å². The number of aromatic nitrogens is 3. The number of aryl methyl sites for hydroxylation is 2. The first-order valence-corrected chi connectivity index (χ1v) is 15.2. The van der Waals surface area contributed by atoms with Crippen molar-refractivity contribution in [2.75, 3.05) is 36.6 Å². The van der Waals surface area contributed by atoms with Gasteiger partial charge >= 0.3 is 0 Å². The molecule has 0 spiro atoms. The standard InChI is InChI=1S/C26H36N6O6S/c1-5-37-20-10-16-9-19(38-24(16)14(3)29-20)21-13(2)30-26(27-11-15-6-7-15)32-25(21)31-18-8-17(22(33)23(18)34)12-28-39(4,35)36/h9-10,15,17-18,22-23,28,33-34H,5-8,11-12H2,1-4H3,(H2,27,30,31,32)/t17-,18?,22-,23+/m1/s1. The van der Waals surface area contributed by atoms with Crippen molar-refractivity contribution < 1.29 is 27.8 Å². The Morgan fingerprint density at radius 3 is 2.54 bits per heavy atom. The van der Waals surface area contributed by atoms with E-state index in [1.165, 1.54) is 12.8 Å². The number of nitrogens with one attached hydrogen (secondary N) is 3. The molecule has 39 heavy (non-hydrogen) atoms. The van der Waals surface area contributed by atoms with E-state index in [9.17, 15) is 18.6 Å². The second-order valence-electron chi connectivity index (χ2n) is 10.5. The van der Waals surface area contributed by atoms with Gasteiger partial charge in [-0.15, -0.1) is 0 Å². The summed E-state index contributed by atoms with van der Waals surface area (Å²) in [5, 5.41) is 28.9. The molecule has 5 N–H and O–H groups in total. The van der Waals surface area contributed by atoms with Crippen LogP contribution in [-0.2, 0) is 10.0 Å². The zero-order chi connectivity index (χ0) is 27.9. The first-order valence-electron chi connectivity index (χ1n) is 13.3. The molecule has 0 bridgehead atoms. The zero-order valence-electron chi connectivity index (χ0n) is 22.6. The van der Waals surface area contributed by atoms with Gasteiger partial charge in [-0.3, -0.25) is 0 Å². The van der Waals surface area contributed by atoms with E-state index >= 15 is 0 Å². The van der Waals surface area contributed by atoms with E-state index in [-0.39, 0.29) is 6.54 Å². The molecular formula is C26H36N6O6S. The molecule has 4 atom stereocenters. The number of furan rings is 1. The van der Waals surface area contributed by atoms with Crippen molar-refractivity contribution in [2.45, 2.75) is 58.3 Å². The molecule has 5 rings (SSSR count). The highest BCUT2D eigenvalue weighted by Gasteiger charge is 2.42. The number of pyridine rings is 1. The first-order chi connectivity index (χ1) is 18.5. The molecule has 0 aromatic carbocycles. The average molecular weight is 561 g/mol. The molecule has 1 unspecified atom stereocenters. The smallest absolute Gasteiger partial charge is 0.224 e. The van der Waals surface area contributed by atoms with Gasteiger partial charge in [0.15, 0.2) is 5.58 Å². The van der Waals surface area contributed by atoms with Crippen LogP contribution in [0.2, 0.25) is 0 Å². The molecular weight excluding hydrogens is 524 g/mol. The molecule has 0 radical (unpaired) electrons. The first kappa shape index (κ1) is 27.6. The lowest BCUT2D eigenvalue weighted by molar-refractivity contribution is 0.0185. The fraction of sp³-hybridized carbons (Fsp3) is 0.577. The van der Waals surface area contributed by atoms with Crippen LogP contribution in [0.1, 0.15) is 37.6 Å². The minimum absolute atomic E-state index is 0.0249. The number of aliphatic hydroxyl groups is 2. The van der Waals surface area contributed by atoms with Gasteiger partial charge in [-0.2, -0.15) is 4.98 Å². The van der Waals surface area contributed by atoms with Gasteiger partial charge in [0.2, 0.25) is 21.9 Å². The van der Waals surface area contributed by atoms with Gasteiger partial charge in [-0.05, 0) is 52.0 Å². The molecule has 2 fully saturated rings. The summed E-state index contributed by atoms with van der Waals surface area (Å²) < 4.78 is 37.4. The predicted molar refractivity (Wildman–Crippen MR) is 147 cm³/mol. The Kier molecular flexibility index (Phi) is 7.68. The molecule has 2 saturated carbocycles. The van der Waals surface area contributed by atoms with Gasteiger partial charge in [0.05, 0.1) is 42.0 Å². The summed E-state index contributed by atoms with van der Waals surface area (Å²) in [5.41, 5.74) is 2.61. The third-order valence-electron chi connectivity index (χ3n) is 7.25. The van der Waals surface area contributed by atoms with Crippen LogP contribution in [0.4, 0.5) is 11.8 Å². The van der Waals surface area contributed by atoms with Crippen LogP contribution in [0, 0.1) is 25.7 Å². The van der Waals surface area contributed by atoms with Crippen LogP contribution in [0.5, 0.6) is 5.88 Å². The number of aliphatic hydroxyl groups excluding tert-OH is 2. The van der Waals surface area contributed by atoms with Crippen LogP contribution in [0.3, 0.4) is 0 Å². The lowest BCUT2D eigenvalue weighted by Crippen LogP contribution is -2.37. The number of anilines is 2. The van der Waals surface area contributed by atoms with Gasteiger partial charge in [0.1, 0.15) is 17.7 Å². The molecule has 0 amide bonds. The summed E-state index contributed by atoms with van der Waals surface area (Å²) in [6.07, 6.45) is 1.53. The number of hydrogen-bond acceptors (Lipinski definition) is 11. The van der Waals surface area contributed by atoms with Gasteiger partial charge in [-0.25, -0.2) is 23.1 Å². The van der Waals surface area contributed by atoms with Gasteiger partial charge in [0, 0.05) is 30.5 Å². The third-order valence-corrected chi connectivity index (χ3v) is 7.94. The van der Waals surface area contributed by atoms with E-state index in [4.69, 9.17) is 14.1 Å². The number of nitrogens with zero attached hydrogens (tertiary/aromatic N) is 3. The minimum Gasteiger partial charge on any atom is -0.478 e. The summed E-state index contributed by atoms with van der Waals surface area (Å²) in [5.74, 6) is 2.09. The number of rotatable bonds is 11. The number of sulfonamides is 1. The van der Waals surface area contributed by atoms with E-state index in [2.05, 4.69) is 25.3 Å². The molecule has 2 aliphatic carbocycles. The van der Waals surface area contributed by atoms with Crippen LogP contribution in [-0.4, -0.2) is 77.8 Å². The Morgan fingerprint density at radius 2 is 1.85 bits per heavy atom. The normalized spacial score (nSPS) is 23.3. The van der Waals surface area contributed by atoms with Gasteiger partial charge < -0.3 is 30.0 Å². The minimum atomic E-state index is -3.43. The highest BCUT2D eigenvalue weighted by atomic mass is 32.2. The largest absolute Gasteiger partial charge is 0.478 e. The summed E-state index contributed by atoms with van der Waals surface area (Å²) in [6, 6.07) is 3.14. The molecule has 3 heterocycles. The lowest BCUT2D eigenvalue weighted by Gasteiger charge is -2.21. The molecule has 0 saturated heterocycles. The van der Waals surface area contributed by atoms with Crippen molar-refractivity contribution >= 4 is 32.8 Å². The van der Waals surface area contributed by atoms with Crippen molar-refractivity contribution in [3.8, 4) is 17.2 Å². The number of hydrogen-bond donors (Lipinski definition) is 5. The summed E-state index contributed by atoms with van der Waals surface area (Å²) in [4.78, 5) is 13.9. The number of fused-ring (bicyclic) bond motifs is 1. The fourth-order valence-corrected chi connectivity index (χ4v) is 5.55. The molecule has 0 aliphatic heterocycles. The molecule has 12 nitrogen and oxygen atoms in total. The van der Waals surface area contributed by atoms with Crippen LogP contribution >= 0.6 is 0 Å². The molecule has 3 aromatic heterocycles. The maximum absolute atomic E-state index is 11.6. The zero-order valence-corrected chi connectivity index (χ0v) is 23.4. The fourth-order valence-electron chi connectivity index (χ4n) is 5.03. The van der Waals surface area contributed by atoms with Crippen LogP contribution in [0.15, 0.2) is 16.5 Å². The summed E-state index contributed by atoms with van der Waals surface area (Å²) in [6.45, 7) is 6.92. The third kappa shape index (κ3) is 6.26.